The second kappa shape index (κ2) is 5.73. The van der Waals surface area contributed by atoms with E-state index in [0.29, 0.717) is 18.6 Å². The van der Waals surface area contributed by atoms with Gasteiger partial charge in [0.25, 0.3) is 0 Å². The van der Waals surface area contributed by atoms with Crippen molar-refractivity contribution in [3.8, 4) is 0 Å². The molecule has 0 aromatic heterocycles. The zero-order valence-corrected chi connectivity index (χ0v) is 10.3. The van der Waals surface area contributed by atoms with Gasteiger partial charge in [-0.1, -0.05) is 6.07 Å². The molecule has 1 heterocycles. The van der Waals surface area contributed by atoms with Crippen LogP contribution in [0.15, 0.2) is 18.2 Å². The second-order valence-electron chi connectivity index (χ2n) is 4.85. The molecular formula is C13H18F2N2O. The Hall–Kier alpha value is -1.04. The first kappa shape index (κ1) is 13.4. The molecule has 1 saturated heterocycles. The Morgan fingerprint density at radius 3 is 2.83 bits per heavy atom. The van der Waals surface area contributed by atoms with Gasteiger partial charge in [0.2, 0.25) is 0 Å². The van der Waals surface area contributed by atoms with Crippen molar-refractivity contribution >= 4 is 0 Å². The number of ether oxygens (including phenoxy) is 1. The van der Waals surface area contributed by atoms with Crippen molar-refractivity contribution in [1.29, 1.82) is 0 Å². The summed E-state index contributed by atoms with van der Waals surface area (Å²) in [6.07, 6.45) is 1.55. The molecular weight excluding hydrogens is 238 g/mol. The molecule has 3 atom stereocenters. The van der Waals surface area contributed by atoms with Crippen LogP contribution in [0, 0.1) is 17.6 Å². The van der Waals surface area contributed by atoms with Crippen molar-refractivity contribution in [3.63, 3.8) is 0 Å². The minimum Gasteiger partial charge on any atom is -0.378 e. The molecule has 0 spiro atoms. The lowest BCUT2D eigenvalue weighted by Crippen LogP contribution is -2.43. The first-order chi connectivity index (χ1) is 8.60. The van der Waals surface area contributed by atoms with E-state index in [0.717, 1.165) is 12.5 Å². The monoisotopic (exact) mass is 256 g/mol. The molecule has 1 aromatic rings. The van der Waals surface area contributed by atoms with Crippen LogP contribution in [0.4, 0.5) is 8.78 Å². The van der Waals surface area contributed by atoms with Gasteiger partial charge in [-0.2, -0.15) is 0 Å². The highest BCUT2D eigenvalue weighted by molar-refractivity contribution is 5.20. The number of halogens is 2. The smallest absolute Gasteiger partial charge is 0.129 e. The lowest BCUT2D eigenvalue weighted by Gasteiger charge is -2.21. The highest BCUT2D eigenvalue weighted by atomic mass is 19.1. The number of nitrogens with two attached hydrogens (primary N) is 1. The van der Waals surface area contributed by atoms with Crippen molar-refractivity contribution in [2.75, 3.05) is 6.61 Å². The summed E-state index contributed by atoms with van der Waals surface area (Å²) < 4.78 is 31.9. The Bertz CT molecular complexity index is 414. The summed E-state index contributed by atoms with van der Waals surface area (Å²) in [5, 5.41) is 0. The van der Waals surface area contributed by atoms with Crippen LogP contribution < -0.4 is 11.3 Å². The molecule has 100 valence electrons. The van der Waals surface area contributed by atoms with Crippen LogP contribution in [-0.4, -0.2) is 18.8 Å². The molecule has 2 rings (SSSR count). The molecule has 3 unspecified atom stereocenters. The summed E-state index contributed by atoms with van der Waals surface area (Å²) in [5.74, 6) is 4.69. The zero-order valence-electron chi connectivity index (χ0n) is 10.3. The number of benzene rings is 1. The van der Waals surface area contributed by atoms with Crippen molar-refractivity contribution < 1.29 is 13.5 Å². The molecule has 1 aromatic carbocycles. The van der Waals surface area contributed by atoms with E-state index in [9.17, 15) is 8.78 Å². The van der Waals surface area contributed by atoms with E-state index in [1.807, 2.05) is 6.92 Å². The topological polar surface area (TPSA) is 47.3 Å². The fraction of sp³-hybridized carbons (Fsp3) is 0.538. The van der Waals surface area contributed by atoms with Gasteiger partial charge in [0.15, 0.2) is 0 Å². The molecule has 0 aliphatic carbocycles. The Labute approximate surface area is 105 Å². The second-order valence-corrected chi connectivity index (χ2v) is 4.85. The van der Waals surface area contributed by atoms with E-state index < -0.39 is 11.6 Å². The van der Waals surface area contributed by atoms with Crippen LogP contribution in [0.25, 0.3) is 0 Å². The fourth-order valence-corrected chi connectivity index (χ4v) is 2.42. The predicted octanol–water partition coefficient (Wildman–Crippen LogP) is 1.76. The van der Waals surface area contributed by atoms with Gasteiger partial charge < -0.3 is 4.74 Å². The average molecular weight is 256 g/mol. The maximum absolute atomic E-state index is 13.6. The van der Waals surface area contributed by atoms with Crippen molar-refractivity contribution in [2.24, 2.45) is 11.8 Å². The van der Waals surface area contributed by atoms with Crippen LogP contribution in [0.2, 0.25) is 0 Å². The van der Waals surface area contributed by atoms with Gasteiger partial charge in [-0.3, -0.25) is 11.3 Å². The molecule has 18 heavy (non-hydrogen) atoms. The Balaban J connectivity index is 2.05. The lowest BCUT2D eigenvalue weighted by atomic mass is 9.92. The van der Waals surface area contributed by atoms with E-state index in [1.165, 1.54) is 12.1 Å². The predicted molar refractivity (Wildman–Crippen MR) is 64.7 cm³/mol. The summed E-state index contributed by atoms with van der Waals surface area (Å²) in [4.78, 5) is 0. The molecule has 0 amide bonds. The van der Waals surface area contributed by atoms with E-state index in [-0.39, 0.29) is 18.1 Å². The molecule has 0 radical (unpaired) electrons. The molecule has 0 saturated carbocycles. The quantitative estimate of drug-likeness (QED) is 0.637. The molecule has 1 aliphatic heterocycles. The summed E-state index contributed by atoms with van der Waals surface area (Å²) in [6.45, 7) is 2.63. The highest BCUT2D eigenvalue weighted by Crippen LogP contribution is 2.24. The van der Waals surface area contributed by atoms with Crippen LogP contribution in [0.1, 0.15) is 18.9 Å². The largest absolute Gasteiger partial charge is 0.378 e. The minimum atomic E-state index is -0.564. The third-order valence-corrected chi connectivity index (χ3v) is 3.47. The van der Waals surface area contributed by atoms with Gasteiger partial charge >= 0.3 is 0 Å². The van der Waals surface area contributed by atoms with Gasteiger partial charge in [0, 0.05) is 18.0 Å². The Kier molecular flexibility index (Phi) is 4.27. The summed E-state index contributed by atoms with van der Waals surface area (Å²) in [6, 6.07) is 3.57. The fourth-order valence-electron chi connectivity index (χ4n) is 2.42. The maximum atomic E-state index is 13.6. The standard InChI is InChI=1S/C13H18F2N2O/c1-8-4-10(7-18-8)13(17-16)5-9-2-3-11(14)6-12(9)15/h2-3,6,8,10,13,17H,4-5,7,16H2,1H3. The molecule has 1 aliphatic rings. The maximum Gasteiger partial charge on any atom is 0.129 e. The number of hydrogen-bond donors (Lipinski definition) is 2. The van der Waals surface area contributed by atoms with Gasteiger partial charge in [0.1, 0.15) is 11.6 Å². The SMILES string of the molecule is CC1CC(C(Cc2ccc(F)cc2F)NN)CO1. The summed E-state index contributed by atoms with van der Waals surface area (Å²) in [5.41, 5.74) is 3.19. The Morgan fingerprint density at radius 1 is 1.50 bits per heavy atom. The molecule has 3 nitrogen and oxygen atoms in total. The Morgan fingerprint density at radius 2 is 2.28 bits per heavy atom. The number of nitrogens with one attached hydrogen (secondary N) is 1. The normalized spacial score (nSPS) is 25.3. The van der Waals surface area contributed by atoms with Gasteiger partial charge in [0.05, 0.1) is 12.7 Å². The summed E-state index contributed by atoms with van der Waals surface area (Å²) >= 11 is 0. The lowest BCUT2D eigenvalue weighted by molar-refractivity contribution is 0.116. The van der Waals surface area contributed by atoms with Crippen molar-refractivity contribution in [2.45, 2.75) is 31.9 Å². The minimum absolute atomic E-state index is 0.0603. The van der Waals surface area contributed by atoms with Gasteiger partial charge in [-0.25, -0.2) is 8.78 Å². The summed E-state index contributed by atoms with van der Waals surface area (Å²) in [7, 11) is 0. The number of rotatable bonds is 4. The number of hydrogen-bond acceptors (Lipinski definition) is 3. The van der Waals surface area contributed by atoms with Crippen LogP contribution in [0.5, 0.6) is 0 Å². The third kappa shape index (κ3) is 3.04. The molecule has 0 bridgehead atoms. The van der Waals surface area contributed by atoms with Crippen LogP contribution >= 0.6 is 0 Å². The molecule has 1 fully saturated rings. The van der Waals surface area contributed by atoms with Crippen molar-refractivity contribution in [3.05, 3.63) is 35.4 Å². The van der Waals surface area contributed by atoms with E-state index >= 15 is 0 Å². The molecule has 5 heteroatoms. The van der Waals surface area contributed by atoms with Crippen LogP contribution in [0.3, 0.4) is 0 Å². The number of hydrazine groups is 1. The van der Waals surface area contributed by atoms with Crippen LogP contribution in [-0.2, 0) is 11.2 Å². The molecule has 3 N–H and O–H groups in total. The average Bonchev–Trinajstić information content (AvgIpc) is 2.75. The van der Waals surface area contributed by atoms with E-state index in [1.54, 1.807) is 0 Å². The zero-order chi connectivity index (χ0) is 13.1. The first-order valence-corrected chi connectivity index (χ1v) is 6.11. The van der Waals surface area contributed by atoms with E-state index in [2.05, 4.69) is 5.43 Å². The van der Waals surface area contributed by atoms with Gasteiger partial charge in [-0.05, 0) is 31.4 Å². The van der Waals surface area contributed by atoms with E-state index in [4.69, 9.17) is 10.6 Å². The highest BCUT2D eigenvalue weighted by Gasteiger charge is 2.29. The van der Waals surface area contributed by atoms with Crippen molar-refractivity contribution in [1.82, 2.24) is 5.43 Å². The first-order valence-electron chi connectivity index (χ1n) is 6.11. The third-order valence-electron chi connectivity index (χ3n) is 3.47. The van der Waals surface area contributed by atoms with Gasteiger partial charge in [-0.15, -0.1) is 0 Å².